The van der Waals surface area contributed by atoms with Crippen LogP contribution >= 0.6 is 22.9 Å². The quantitative estimate of drug-likeness (QED) is 0.561. The van der Waals surface area contributed by atoms with Crippen LogP contribution in [0, 0.1) is 0 Å². The molecule has 0 radical (unpaired) electrons. The lowest BCUT2D eigenvalue weighted by molar-refractivity contribution is -0.130. The molecule has 0 aromatic carbocycles. The van der Waals surface area contributed by atoms with Gasteiger partial charge < -0.3 is 15.0 Å². The summed E-state index contributed by atoms with van der Waals surface area (Å²) in [4.78, 5) is 14.9. The third-order valence-corrected chi connectivity index (χ3v) is 3.65. The Bertz CT molecular complexity index is 409. The fourth-order valence-electron chi connectivity index (χ4n) is 1.52. The van der Waals surface area contributed by atoms with Crippen LogP contribution in [0.4, 0.5) is 0 Å². The zero-order valence-electron chi connectivity index (χ0n) is 11.0. The molecule has 4 nitrogen and oxygen atoms in total. The molecule has 1 aromatic heterocycles. The van der Waals surface area contributed by atoms with Gasteiger partial charge in [-0.2, -0.15) is 0 Å². The van der Waals surface area contributed by atoms with Gasteiger partial charge in [0.05, 0.1) is 24.0 Å². The molecule has 106 valence electrons. The highest BCUT2D eigenvalue weighted by Gasteiger charge is 2.13. The molecule has 0 bridgehead atoms. The van der Waals surface area contributed by atoms with Gasteiger partial charge >= 0.3 is 0 Å². The van der Waals surface area contributed by atoms with E-state index in [1.54, 1.807) is 18.1 Å². The molecule has 0 aliphatic heterocycles. The van der Waals surface area contributed by atoms with Crippen molar-refractivity contribution in [3.05, 3.63) is 34.0 Å². The molecule has 0 saturated heterocycles. The van der Waals surface area contributed by atoms with E-state index in [0.717, 1.165) is 9.21 Å². The molecule has 0 spiro atoms. The summed E-state index contributed by atoms with van der Waals surface area (Å²) in [7, 11) is 1.63. The van der Waals surface area contributed by atoms with Gasteiger partial charge in [0.25, 0.3) is 0 Å². The number of ether oxygens (including phenoxy) is 1. The zero-order chi connectivity index (χ0) is 14.1. The van der Waals surface area contributed by atoms with Gasteiger partial charge in [-0.1, -0.05) is 17.7 Å². The van der Waals surface area contributed by atoms with Gasteiger partial charge in [0.1, 0.15) is 0 Å². The minimum absolute atomic E-state index is 0.0422. The number of amides is 1. The van der Waals surface area contributed by atoms with Crippen molar-refractivity contribution >= 4 is 28.8 Å². The van der Waals surface area contributed by atoms with E-state index >= 15 is 0 Å². The number of carbonyl (C=O) groups is 1. The molecule has 0 atom stereocenters. The Labute approximate surface area is 123 Å². The van der Waals surface area contributed by atoms with Crippen LogP contribution in [0.3, 0.4) is 0 Å². The van der Waals surface area contributed by atoms with Crippen LogP contribution in [0.5, 0.6) is 0 Å². The second-order valence-electron chi connectivity index (χ2n) is 3.94. The smallest absolute Gasteiger partial charge is 0.237 e. The van der Waals surface area contributed by atoms with E-state index in [4.69, 9.17) is 16.3 Å². The number of carbonyl (C=O) groups excluding carboxylic acids is 1. The molecule has 6 heteroatoms. The Balaban J connectivity index is 2.46. The number of nitrogens with one attached hydrogen (secondary N) is 1. The fourth-order valence-corrected chi connectivity index (χ4v) is 2.62. The molecule has 0 aliphatic rings. The summed E-state index contributed by atoms with van der Waals surface area (Å²) >= 11 is 7.38. The summed E-state index contributed by atoms with van der Waals surface area (Å²) < 4.78 is 5.65. The highest BCUT2D eigenvalue weighted by molar-refractivity contribution is 7.16. The minimum atomic E-state index is 0.0422. The Morgan fingerprint density at radius 3 is 3.00 bits per heavy atom. The summed E-state index contributed by atoms with van der Waals surface area (Å²) in [5.74, 6) is 0.0422. The maximum atomic E-state index is 12.1. The number of halogens is 1. The second-order valence-corrected chi connectivity index (χ2v) is 5.74. The van der Waals surface area contributed by atoms with Crippen molar-refractivity contribution in [1.82, 2.24) is 10.2 Å². The lowest BCUT2D eigenvalue weighted by Gasteiger charge is -2.20. The molecule has 19 heavy (non-hydrogen) atoms. The second kappa shape index (κ2) is 9.09. The van der Waals surface area contributed by atoms with Crippen LogP contribution < -0.4 is 5.32 Å². The van der Waals surface area contributed by atoms with Gasteiger partial charge in [0.2, 0.25) is 5.91 Å². The normalized spacial score (nSPS) is 10.4. The van der Waals surface area contributed by atoms with Crippen LogP contribution in [-0.4, -0.2) is 44.2 Å². The Hall–Kier alpha value is -0.880. The number of methoxy groups -OCH3 is 1. The molecular weight excluding hydrogens is 284 g/mol. The molecular formula is C13H19ClN2O2S. The van der Waals surface area contributed by atoms with E-state index in [1.807, 2.05) is 12.1 Å². The van der Waals surface area contributed by atoms with Crippen molar-refractivity contribution in [3.8, 4) is 0 Å². The van der Waals surface area contributed by atoms with E-state index in [1.165, 1.54) is 11.3 Å². The molecule has 1 amide bonds. The summed E-state index contributed by atoms with van der Waals surface area (Å²) in [6.45, 7) is 6.33. The van der Waals surface area contributed by atoms with Crippen molar-refractivity contribution in [1.29, 1.82) is 0 Å². The van der Waals surface area contributed by atoms with Crippen molar-refractivity contribution in [2.75, 3.05) is 33.4 Å². The lowest BCUT2D eigenvalue weighted by atomic mass is 10.3. The third-order valence-electron chi connectivity index (χ3n) is 2.44. The number of rotatable bonds is 9. The first-order valence-electron chi connectivity index (χ1n) is 6.00. The number of hydrogen-bond acceptors (Lipinski definition) is 4. The number of hydrogen-bond donors (Lipinski definition) is 1. The molecule has 0 fully saturated rings. The number of nitrogens with zero attached hydrogens (tertiary/aromatic N) is 1. The van der Waals surface area contributed by atoms with Gasteiger partial charge in [-0.3, -0.25) is 4.79 Å². The van der Waals surface area contributed by atoms with Crippen LogP contribution in [0.2, 0.25) is 4.34 Å². The Morgan fingerprint density at radius 2 is 2.42 bits per heavy atom. The summed E-state index contributed by atoms with van der Waals surface area (Å²) in [5.41, 5.74) is 0. The van der Waals surface area contributed by atoms with Gasteiger partial charge in [0, 0.05) is 25.1 Å². The van der Waals surface area contributed by atoms with Crippen LogP contribution in [0.15, 0.2) is 24.8 Å². The lowest BCUT2D eigenvalue weighted by Crippen LogP contribution is -2.38. The van der Waals surface area contributed by atoms with E-state index in [2.05, 4.69) is 11.9 Å². The van der Waals surface area contributed by atoms with Crippen molar-refractivity contribution < 1.29 is 9.53 Å². The average molecular weight is 303 g/mol. The van der Waals surface area contributed by atoms with E-state index in [0.29, 0.717) is 32.8 Å². The SMILES string of the molecule is C=CCN(Cc1ccc(Cl)s1)C(=O)CNCCOC. The summed E-state index contributed by atoms with van der Waals surface area (Å²) in [5, 5.41) is 3.04. The van der Waals surface area contributed by atoms with Gasteiger partial charge in [-0.05, 0) is 12.1 Å². The summed E-state index contributed by atoms with van der Waals surface area (Å²) in [6.07, 6.45) is 1.72. The predicted molar refractivity (Wildman–Crippen MR) is 79.7 cm³/mol. The van der Waals surface area contributed by atoms with E-state index < -0.39 is 0 Å². The first-order valence-corrected chi connectivity index (χ1v) is 7.19. The molecule has 0 unspecified atom stereocenters. The van der Waals surface area contributed by atoms with E-state index in [-0.39, 0.29) is 5.91 Å². The Kier molecular flexibility index (Phi) is 7.74. The van der Waals surface area contributed by atoms with Crippen molar-refractivity contribution in [2.24, 2.45) is 0 Å². The topological polar surface area (TPSA) is 41.6 Å². The average Bonchev–Trinajstić information content (AvgIpc) is 2.79. The zero-order valence-corrected chi connectivity index (χ0v) is 12.6. The van der Waals surface area contributed by atoms with Crippen LogP contribution in [-0.2, 0) is 16.1 Å². The van der Waals surface area contributed by atoms with Crippen LogP contribution in [0.1, 0.15) is 4.88 Å². The van der Waals surface area contributed by atoms with Crippen molar-refractivity contribution in [2.45, 2.75) is 6.54 Å². The highest BCUT2D eigenvalue weighted by atomic mass is 35.5. The molecule has 1 rings (SSSR count). The standard InChI is InChI=1S/C13H19ClN2O2S/c1-3-7-16(10-11-4-5-12(14)19-11)13(17)9-15-6-8-18-2/h3-5,15H,1,6-10H2,2H3. The minimum Gasteiger partial charge on any atom is -0.383 e. The Morgan fingerprint density at radius 1 is 1.63 bits per heavy atom. The molecule has 0 saturated carbocycles. The molecule has 1 N–H and O–H groups in total. The highest BCUT2D eigenvalue weighted by Crippen LogP contribution is 2.22. The van der Waals surface area contributed by atoms with E-state index in [9.17, 15) is 4.79 Å². The van der Waals surface area contributed by atoms with Crippen LogP contribution in [0.25, 0.3) is 0 Å². The first-order chi connectivity index (χ1) is 9.17. The monoisotopic (exact) mass is 302 g/mol. The predicted octanol–water partition coefficient (Wildman–Crippen LogP) is 2.15. The van der Waals surface area contributed by atoms with Gasteiger partial charge in [-0.25, -0.2) is 0 Å². The summed E-state index contributed by atoms with van der Waals surface area (Å²) in [6, 6.07) is 3.78. The number of thiophene rings is 1. The molecule has 0 aliphatic carbocycles. The third kappa shape index (κ3) is 6.20. The van der Waals surface area contributed by atoms with Gasteiger partial charge in [0.15, 0.2) is 0 Å². The maximum Gasteiger partial charge on any atom is 0.237 e. The maximum absolute atomic E-state index is 12.1. The van der Waals surface area contributed by atoms with Crippen molar-refractivity contribution in [3.63, 3.8) is 0 Å². The molecule has 1 heterocycles. The first kappa shape index (κ1) is 16.2. The molecule has 1 aromatic rings. The van der Waals surface area contributed by atoms with Gasteiger partial charge in [-0.15, -0.1) is 17.9 Å². The largest absolute Gasteiger partial charge is 0.383 e. The fraction of sp³-hybridized carbons (Fsp3) is 0.462.